The number of nitrogens with one attached hydrogen (secondary N) is 1. The molecule has 1 amide bonds. The average molecular weight is 341 g/mol. The third kappa shape index (κ3) is 7.50. The molecule has 0 aliphatic carbocycles. The number of benzene rings is 1. The normalized spacial score (nSPS) is 11.7. The lowest BCUT2D eigenvalue weighted by atomic mass is 10.2. The van der Waals surface area contributed by atoms with E-state index >= 15 is 0 Å². The van der Waals surface area contributed by atoms with Gasteiger partial charge in [0.25, 0.3) is 0 Å². The van der Waals surface area contributed by atoms with E-state index in [0.29, 0.717) is 12.0 Å². The van der Waals surface area contributed by atoms with Crippen molar-refractivity contribution in [1.82, 2.24) is 5.32 Å². The number of nitrogens with two attached hydrogens (primary N) is 1. The Morgan fingerprint density at radius 1 is 1.43 bits per heavy atom. The van der Waals surface area contributed by atoms with Crippen molar-refractivity contribution in [2.75, 3.05) is 12.0 Å². The number of rotatable bonds is 8. The van der Waals surface area contributed by atoms with E-state index in [1.165, 1.54) is 6.07 Å². The molecule has 1 atom stereocenters. The van der Waals surface area contributed by atoms with E-state index in [1.807, 2.05) is 6.26 Å². The fraction of sp³-hybridized carbons (Fsp3) is 0.462. The Kier molecular flexibility index (Phi) is 10.1. The molecule has 0 radical (unpaired) electrons. The van der Waals surface area contributed by atoms with E-state index in [1.54, 1.807) is 30.0 Å². The number of carbonyl (C=O) groups excluding carboxylic acids is 1. The lowest BCUT2D eigenvalue weighted by Gasteiger charge is -2.14. The van der Waals surface area contributed by atoms with Gasteiger partial charge in [-0.3, -0.25) is 4.79 Å². The first kappa shape index (κ1) is 19.9. The maximum absolute atomic E-state index is 12.2. The van der Waals surface area contributed by atoms with Gasteiger partial charge in [0, 0.05) is 12.1 Å². The third-order valence-electron chi connectivity index (χ3n) is 2.61. The molecule has 120 valence electrons. The smallest absolute Gasteiger partial charge is 0.387 e. The summed E-state index contributed by atoms with van der Waals surface area (Å²) in [6.07, 6.45) is 2.50. The molecule has 0 heterocycles. The first-order valence-corrected chi connectivity index (χ1v) is 7.49. The highest BCUT2D eigenvalue weighted by Gasteiger charge is 2.14. The SMILES string of the molecule is CSCC[C@H](N)C(=O)NCc1ccccc1OC(F)F.Cl. The molecule has 8 heteroatoms. The summed E-state index contributed by atoms with van der Waals surface area (Å²) >= 11 is 1.61. The Labute approximate surface area is 133 Å². The number of carbonyl (C=O) groups is 1. The molecule has 0 saturated carbocycles. The highest BCUT2D eigenvalue weighted by molar-refractivity contribution is 7.98. The molecule has 21 heavy (non-hydrogen) atoms. The Hall–Kier alpha value is -1.05. The lowest BCUT2D eigenvalue weighted by molar-refractivity contribution is -0.122. The zero-order chi connectivity index (χ0) is 15.0. The highest BCUT2D eigenvalue weighted by atomic mass is 35.5. The van der Waals surface area contributed by atoms with Gasteiger partial charge in [-0.25, -0.2) is 0 Å². The minimum atomic E-state index is -2.89. The molecule has 0 unspecified atom stereocenters. The van der Waals surface area contributed by atoms with Gasteiger partial charge < -0.3 is 15.8 Å². The summed E-state index contributed by atoms with van der Waals surface area (Å²) in [7, 11) is 0. The maximum atomic E-state index is 12.2. The van der Waals surface area contributed by atoms with Crippen LogP contribution in [0, 0.1) is 0 Å². The van der Waals surface area contributed by atoms with Gasteiger partial charge in [-0.1, -0.05) is 18.2 Å². The minimum Gasteiger partial charge on any atom is -0.434 e. The number of alkyl halides is 2. The molecule has 0 spiro atoms. The van der Waals surface area contributed by atoms with Crippen molar-refractivity contribution >= 4 is 30.1 Å². The quantitative estimate of drug-likeness (QED) is 0.762. The summed E-state index contributed by atoms with van der Waals surface area (Å²) < 4.78 is 28.9. The van der Waals surface area contributed by atoms with Crippen molar-refractivity contribution in [2.45, 2.75) is 25.6 Å². The van der Waals surface area contributed by atoms with Gasteiger partial charge in [-0.05, 0) is 24.5 Å². The van der Waals surface area contributed by atoms with Crippen LogP contribution in [-0.4, -0.2) is 30.6 Å². The van der Waals surface area contributed by atoms with Gasteiger partial charge in [0.2, 0.25) is 5.91 Å². The zero-order valence-corrected chi connectivity index (χ0v) is 13.2. The summed E-state index contributed by atoms with van der Waals surface area (Å²) in [5.41, 5.74) is 6.19. The number of para-hydroxylation sites is 1. The summed E-state index contributed by atoms with van der Waals surface area (Å²) in [5.74, 6) is 0.547. The fourth-order valence-electron chi connectivity index (χ4n) is 1.55. The predicted octanol–water partition coefficient (Wildman–Crippen LogP) is 2.41. The second kappa shape index (κ2) is 10.6. The maximum Gasteiger partial charge on any atom is 0.387 e. The van der Waals surface area contributed by atoms with Gasteiger partial charge in [-0.15, -0.1) is 12.4 Å². The van der Waals surface area contributed by atoms with Crippen molar-refractivity contribution in [3.8, 4) is 5.75 Å². The molecular weight excluding hydrogens is 322 g/mol. The van der Waals surface area contributed by atoms with Crippen LogP contribution in [0.5, 0.6) is 5.75 Å². The Morgan fingerprint density at radius 2 is 2.10 bits per heavy atom. The van der Waals surface area contributed by atoms with Gasteiger partial charge >= 0.3 is 6.61 Å². The van der Waals surface area contributed by atoms with Gasteiger partial charge in [0.05, 0.1) is 6.04 Å². The van der Waals surface area contributed by atoms with E-state index in [4.69, 9.17) is 5.73 Å². The molecule has 0 bridgehead atoms. The molecule has 0 aliphatic rings. The molecule has 0 saturated heterocycles. The van der Waals surface area contributed by atoms with Crippen LogP contribution >= 0.6 is 24.2 Å². The molecule has 0 fully saturated rings. The summed E-state index contributed by atoms with van der Waals surface area (Å²) in [4.78, 5) is 11.7. The van der Waals surface area contributed by atoms with Crippen molar-refractivity contribution in [2.24, 2.45) is 5.73 Å². The fourth-order valence-corrected chi connectivity index (χ4v) is 2.04. The molecule has 0 aliphatic heterocycles. The Bertz CT molecular complexity index is 438. The second-order valence-corrected chi connectivity index (χ2v) is 5.08. The number of thioether (sulfide) groups is 1. The van der Waals surface area contributed by atoms with Crippen LogP contribution in [-0.2, 0) is 11.3 Å². The molecule has 0 aromatic heterocycles. The molecule has 3 N–H and O–H groups in total. The van der Waals surface area contributed by atoms with Gasteiger partial charge in [0.15, 0.2) is 0 Å². The molecule has 1 rings (SSSR count). The number of amides is 1. The monoisotopic (exact) mass is 340 g/mol. The highest BCUT2D eigenvalue weighted by Crippen LogP contribution is 2.19. The standard InChI is InChI=1S/C13H18F2N2O2S.ClH/c1-20-7-6-10(16)12(18)17-8-9-4-2-3-5-11(9)19-13(14)15;/h2-5,10,13H,6-8,16H2,1H3,(H,17,18);1H/t10-;/m0./s1. The molecule has 1 aromatic carbocycles. The number of halogens is 3. The van der Waals surface area contributed by atoms with Crippen LogP contribution < -0.4 is 15.8 Å². The first-order chi connectivity index (χ1) is 9.54. The van der Waals surface area contributed by atoms with E-state index in [-0.39, 0.29) is 30.6 Å². The average Bonchev–Trinajstić information content (AvgIpc) is 2.42. The van der Waals surface area contributed by atoms with Crippen LogP contribution in [0.4, 0.5) is 8.78 Å². The number of hydrogen-bond donors (Lipinski definition) is 2. The Balaban J connectivity index is 0.00000400. The minimum absolute atomic E-state index is 0. The lowest BCUT2D eigenvalue weighted by Crippen LogP contribution is -2.40. The molecule has 4 nitrogen and oxygen atoms in total. The number of ether oxygens (including phenoxy) is 1. The zero-order valence-electron chi connectivity index (χ0n) is 11.6. The summed E-state index contributed by atoms with van der Waals surface area (Å²) in [6, 6.07) is 5.73. The van der Waals surface area contributed by atoms with Crippen LogP contribution in [0.2, 0.25) is 0 Å². The Morgan fingerprint density at radius 3 is 2.71 bits per heavy atom. The van der Waals surface area contributed by atoms with E-state index in [9.17, 15) is 13.6 Å². The topological polar surface area (TPSA) is 64.4 Å². The van der Waals surface area contributed by atoms with Crippen LogP contribution in [0.25, 0.3) is 0 Å². The van der Waals surface area contributed by atoms with Crippen molar-refractivity contribution in [1.29, 1.82) is 0 Å². The van der Waals surface area contributed by atoms with Gasteiger partial charge in [-0.2, -0.15) is 20.5 Å². The van der Waals surface area contributed by atoms with Crippen molar-refractivity contribution in [3.63, 3.8) is 0 Å². The van der Waals surface area contributed by atoms with E-state index in [0.717, 1.165) is 5.75 Å². The molecular formula is C13H19ClF2N2O2S. The second-order valence-electron chi connectivity index (χ2n) is 4.09. The van der Waals surface area contributed by atoms with Crippen molar-refractivity contribution in [3.05, 3.63) is 29.8 Å². The van der Waals surface area contributed by atoms with Crippen LogP contribution in [0.3, 0.4) is 0 Å². The summed E-state index contributed by atoms with van der Waals surface area (Å²) in [5, 5.41) is 2.62. The van der Waals surface area contributed by atoms with Gasteiger partial charge in [0.1, 0.15) is 5.75 Å². The van der Waals surface area contributed by atoms with E-state index in [2.05, 4.69) is 10.1 Å². The predicted molar refractivity (Wildman–Crippen MR) is 83.1 cm³/mol. The largest absolute Gasteiger partial charge is 0.434 e. The van der Waals surface area contributed by atoms with Crippen molar-refractivity contribution < 1.29 is 18.3 Å². The van der Waals surface area contributed by atoms with Crippen LogP contribution in [0.15, 0.2) is 24.3 Å². The third-order valence-corrected chi connectivity index (χ3v) is 3.26. The molecule has 1 aromatic rings. The van der Waals surface area contributed by atoms with E-state index < -0.39 is 12.7 Å². The first-order valence-electron chi connectivity index (χ1n) is 6.09. The summed E-state index contributed by atoms with van der Waals surface area (Å²) in [6.45, 7) is -2.79. The number of hydrogen-bond acceptors (Lipinski definition) is 4. The van der Waals surface area contributed by atoms with Crippen LogP contribution in [0.1, 0.15) is 12.0 Å².